The van der Waals surface area contributed by atoms with Gasteiger partial charge in [-0.15, -0.1) is 0 Å². The molecule has 1 N–H and O–H groups in total. The van der Waals surface area contributed by atoms with E-state index in [9.17, 15) is 13.2 Å². The number of hydrogen-bond donors (Lipinski definition) is 1. The lowest BCUT2D eigenvalue weighted by Gasteiger charge is -2.16. The zero-order chi connectivity index (χ0) is 17.9. The molecule has 1 saturated heterocycles. The molecular weight excluding hydrogens is 340 g/mol. The van der Waals surface area contributed by atoms with Gasteiger partial charge in [-0.2, -0.15) is 4.31 Å². The molecule has 0 spiro atoms. The molecule has 0 radical (unpaired) electrons. The molecule has 0 unspecified atom stereocenters. The Morgan fingerprint density at radius 3 is 2.52 bits per heavy atom. The van der Waals surface area contributed by atoms with Crippen LogP contribution < -0.4 is 10.1 Å². The quantitative estimate of drug-likeness (QED) is 0.890. The number of hydrogen-bond acceptors (Lipinski definition) is 4. The average Bonchev–Trinajstić information content (AvgIpc) is 3.17. The van der Waals surface area contributed by atoms with Crippen LogP contribution >= 0.6 is 0 Å². The molecule has 1 aliphatic heterocycles. The average molecular weight is 360 g/mol. The lowest BCUT2D eigenvalue weighted by atomic mass is 10.2. The summed E-state index contributed by atoms with van der Waals surface area (Å²) in [5.74, 6) is 0.259. The number of sulfonamides is 1. The highest BCUT2D eigenvalue weighted by molar-refractivity contribution is 7.89. The van der Waals surface area contributed by atoms with Crippen LogP contribution in [-0.2, 0) is 10.0 Å². The van der Waals surface area contributed by atoms with E-state index >= 15 is 0 Å². The predicted molar refractivity (Wildman–Crippen MR) is 95.4 cm³/mol. The summed E-state index contributed by atoms with van der Waals surface area (Å²) in [5.41, 5.74) is 0.875. The molecule has 25 heavy (non-hydrogen) atoms. The van der Waals surface area contributed by atoms with Crippen LogP contribution in [0.1, 0.15) is 23.2 Å². The van der Waals surface area contributed by atoms with Gasteiger partial charge in [0.25, 0.3) is 5.91 Å². The summed E-state index contributed by atoms with van der Waals surface area (Å²) in [6, 6.07) is 13.1. The smallest absolute Gasteiger partial charge is 0.255 e. The summed E-state index contributed by atoms with van der Waals surface area (Å²) >= 11 is 0. The first-order chi connectivity index (χ1) is 12.0. The molecule has 0 aliphatic carbocycles. The van der Waals surface area contributed by atoms with E-state index in [0.717, 1.165) is 12.8 Å². The molecule has 1 heterocycles. The topological polar surface area (TPSA) is 75.7 Å². The van der Waals surface area contributed by atoms with Gasteiger partial charge in [-0.1, -0.05) is 12.1 Å². The second-order valence-corrected chi connectivity index (χ2v) is 7.76. The van der Waals surface area contributed by atoms with Crippen molar-refractivity contribution in [1.29, 1.82) is 0 Å². The molecule has 2 aromatic rings. The first-order valence-corrected chi connectivity index (χ1v) is 9.50. The molecule has 7 heteroatoms. The molecule has 1 aliphatic rings. The molecule has 1 amide bonds. The third-order valence-corrected chi connectivity index (χ3v) is 6.02. The fourth-order valence-corrected chi connectivity index (χ4v) is 4.34. The summed E-state index contributed by atoms with van der Waals surface area (Å²) in [6.45, 7) is 1.06. The number of benzene rings is 2. The Kier molecular flexibility index (Phi) is 5.06. The summed E-state index contributed by atoms with van der Waals surface area (Å²) < 4.78 is 31.8. The van der Waals surface area contributed by atoms with Crippen molar-refractivity contribution in [3.63, 3.8) is 0 Å². The van der Waals surface area contributed by atoms with Crippen molar-refractivity contribution in [2.75, 3.05) is 25.5 Å². The first-order valence-electron chi connectivity index (χ1n) is 8.06. The Morgan fingerprint density at radius 1 is 1.08 bits per heavy atom. The van der Waals surface area contributed by atoms with Crippen molar-refractivity contribution < 1.29 is 17.9 Å². The maximum absolute atomic E-state index is 12.6. The van der Waals surface area contributed by atoms with Gasteiger partial charge >= 0.3 is 0 Å². The number of nitrogens with zero attached hydrogens (tertiary/aromatic N) is 1. The third kappa shape index (κ3) is 3.83. The van der Waals surface area contributed by atoms with Crippen LogP contribution in [0, 0.1) is 0 Å². The molecule has 3 rings (SSSR count). The zero-order valence-corrected chi connectivity index (χ0v) is 14.8. The van der Waals surface area contributed by atoms with Crippen molar-refractivity contribution in [2.45, 2.75) is 17.7 Å². The third-order valence-electron chi connectivity index (χ3n) is 4.13. The van der Waals surface area contributed by atoms with Crippen LogP contribution in [0.5, 0.6) is 5.75 Å². The standard InChI is InChI=1S/C18H20N2O4S/c1-24-16-8-5-7-15(13-16)19-18(21)14-6-4-9-17(12-14)25(22,23)20-10-2-3-11-20/h4-9,12-13H,2-3,10-11H2,1H3,(H,19,21). The number of anilines is 1. The van der Waals surface area contributed by atoms with Crippen LogP contribution in [-0.4, -0.2) is 38.8 Å². The van der Waals surface area contributed by atoms with E-state index in [4.69, 9.17) is 4.74 Å². The van der Waals surface area contributed by atoms with Crippen molar-refractivity contribution in [3.05, 3.63) is 54.1 Å². The summed E-state index contributed by atoms with van der Waals surface area (Å²) in [4.78, 5) is 12.6. The molecule has 132 valence electrons. The molecule has 2 aromatic carbocycles. The van der Waals surface area contributed by atoms with Gasteiger partial charge in [0.2, 0.25) is 10.0 Å². The Morgan fingerprint density at radius 2 is 1.80 bits per heavy atom. The second-order valence-electron chi connectivity index (χ2n) is 5.83. The Hall–Kier alpha value is -2.38. The molecule has 0 atom stereocenters. The van der Waals surface area contributed by atoms with Crippen molar-refractivity contribution in [3.8, 4) is 5.75 Å². The molecule has 6 nitrogen and oxygen atoms in total. The number of methoxy groups -OCH3 is 1. The van der Waals surface area contributed by atoms with Crippen LogP contribution in [0.3, 0.4) is 0 Å². The van der Waals surface area contributed by atoms with Crippen molar-refractivity contribution in [1.82, 2.24) is 4.31 Å². The molecule has 0 bridgehead atoms. The summed E-state index contributed by atoms with van der Waals surface area (Å²) in [7, 11) is -2.00. The van der Waals surface area contributed by atoms with Crippen molar-refractivity contribution >= 4 is 21.6 Å². The van der Waals surface area contributed by atoms with E-state index in [0.29, 0.717) is 30.1 Å². The van der Waals surface area contributed by atoms with E-state index in [2.05, 4.69) is 5.32 Å². The minimum atomic E-state index is -3.54. The van der Waals surface area contributed by atoms with Gasteiger partial charge in [0.15, 0.2) is 0 Å². The van der Waals surface area contributed by atoms with E-state index in [-0.39, 0.29) is 10.8 Å². The highest BCUT2D eigenvalue weighted by Crippen LogP contribution is 2.22. The largest absolute Gasteiger partial charge is 0.497 e. The van der Waals surface area contributed by atoms with Gasteiger partial charge in [0.1, 0.15) is 5.75 Å². The van der Waals surface area contributed by atoms with Gasteiger partial charge in [-0.25, -0.2) is 8.42 Å². The first kappa shape index (κ1) is 17.4. The van der Waals surface area contributed by atoms with E-state index in [1.54, 1.807) is 43.5 Å². The van der Waals surface area contributed by atoms with Gasteiger partial charge in [-0.3, -0.25) is 4.79 Å². The predicted octanol–water partition coefficient (Wildman–Crippen LogP) is 2.73. The molecule has 0 saturated carbocycles. The highest BCUT2D eigenvalue weighted by Gasteiger charge is 2.27. The van der Waals surface area contributed by atoms with Crippen molar-refractivity contribution in [2.24, 2.45) is 0 Å². The Labute approximate surface area is 147 Å². The Bertz CT molecular complexity index is 874. The number of nitrogens with one attached hydrogen (secondary N) is 1. The van der Waals surface area contributed by atoms with Crippen LogP contribution in [0.2, 0.25) is 0 Å². The van der Waals surface area contributed by atoms with E-state index in [1.165, 1.54) is 16.4 Å². The van der Waals surface area contributed by atoms with E-state index in [1.807, 2.05) is 0 Å². The normalized spacial score (nSPS) is 15.1. The number of carbonyl (C=O) groups excluding carboxylic acids is 1. The molecular formula is C18H20N2O4S. The van der Waals surface area contributed by atoms with E-state index < -0.39 is 10.0 Å². The van der Waals surface area contributed by atoms with Gasteiger partial charge in [0.05, 0.1) is 12.0 Å². The SMILES string of the molecule is COc1cccc(NC(=O)c2cccc(S(=O)(=O)N3CCCC3)c2)c1. The van der Waals surface area contributed by atoms with Gasteiger partial charge in [-0.05, 0) is 43.2 Å². The summed E-state index contributed by atoms with van der Waals surface area (Å²) in [6.07, 6.45) is 1.74. The van der Waals surface area contributed by atoms with Gasteiger partial charge in [0, 0.05) is 30.4 Å². The zero-order valence-electron chi connectivity index (χ0n) is 13.9. The lowest BCUT2D eigenvalue weighted by Crippen LogP contribution is -2.28. The monoisotopic (exact) mass is 360 g/mol. The number of rotatable bonds is 5. The van der Waals surface area contributed by atoms with Crippen LogP contribution in [0.25, 0.3) is 0 Å². The highest BCUT2D eigenvalue weighted by atomic mass is 32.2. The fourth-order valence-electron chi connectivity index (χ4n) is 2.78. The number of carbonyl (C=O) groups is 1. The maximum Gasteiger partial charge on any atom is 0.255 e. The van der Waals surface area contributed by atoms with Gasteiger partial charge < -0.3 is 10.1 Å². The molecule has 0 aromatic heterocycles. The van der Waals surface area contributed by atoms with Crippen LogP contribution in [0.4, 0.5) is 5.69 Å². The maximum atomic E-state index is 12.6. The number of ether oxygens (including phenoxy) is 1. The summed E-state index contributed by atoms with van der Waals surface area (Å²) in [5, 5.41) is 2.75. The van der Waals surface area contributed by atoms with Crippen LogP contribution in [0.15, 0.2) is 53.4 Å². The molecule has 1 fully saturated rings. The fraction of sp³-hybridized carbons (Fsp3) is 0.278. The lowest BCUT2D eigenvalue weighted by molar-refractivity contribution is 0.102. The minimum Gasteiger partial charge on any atom is -0.497 e. The Balaban J connectivity index is 1.82. The second kappa shape index (κ2) is 7.25. The number of amides is 1. The minimum absolute atomic E-state index is 0.146.